The van der Waals surface area contributed by atoms with Crippen molar-refractivity contribution in [3.05, 3.63) is 64.1 Å². The van der Waals surface area contributed by atoms with Gasteiger partial charge < -0.3 is 10.1 Å². The zero-order chi connectivity index (χ0) is 19.2. The molecule has 2 aromatic carbocycles. The summed E-state index contributed by atoms with van der Waals surface area (Å²) in [7, 11) is 0. The van der Waals surface area contributed by atoms with Gasteiger partial charge in [-0.05, 0) is 36.8 Å². The Bertz CT molecular complexity index is 907. The molecule has 1 N–H and O–H groups in total. The molecule has 0 fully saturated rings. The molecule has 3 rings (SSSR count). The van der Waals surface area contributed by atoms with E-state index >= 15 is 0 Å². The molecule has 0 saturated carbocycles. The number of hydrogen-bond acceptors (Lipinski definition) is 5. The van der Waals surface area contributed by atoms with Crippen LogP contribution in [0, 0.1) is 0 Å². The van der Waals surface area contributed by atoms with Gasteiger partial charge in [0.1, 0.15) is 0 Å². The highest BCUT2D eigenvalue weighted by molar-refractivity contribution is 7.18. The van der Waals surface area contributed by atoms with Crippen molar-refractivity contribution < 1.29 is 14.3 Å². The van der Waals surface area contributed by atoms with Gasteiger partial charge in [-0.1, -0.05) is 35.9 Å². The number of fused-ring (bicyclic) bond motifs is 1. The number of aromatic nitrogens is 1. The van der Waals surface area contributed by atoms with E-state index in [0.29, 0.717) is 11.4 Å². The minimum Gasteiger partial charge on any atom is -0.456 e. The molecule has 0 aliphatic rings. The van der Waals surface area contributed by atoms with Gasteiger partial charge in [0.25, 0.3) is 5.91 Å². The molecule has 1 aromatic heterocycles. The molecular formula is C20H19ClN2O3S. The van der Waals surface area contributed by atoms with Crippen molar-refractivity contribution >= 4 is 45.0 Å². The lowest BCUT2D eigenvalue weighted by Gasteiger charge is -2.14. The number of ether oxygens (including phenoxy) is 1. The van der Waals surface area contributed by atoms with Crippen LogP contribution in [0.3, 0.4) is 0 Å². The van der Waals surface area contributed by atoms with Crippen LogP contribution < -0.4 is 5.32 Å². The van der Waals surface area contributed by atoms with Gasteiger partial charge in [-0.3, -0.25) is 9.59 Å². The third-order valence-electron chi connectivity index (χ3n) is 3.99. The molecule has 0 spiro atoms. The molecule has 0 aliphatic heterocycles. The number of carbonyl (C=O) groups excluding carboxylic acids is 2. The summed E-state index contributed by atoms with van der Waals surface area (Å²) in [4.78, 5) is 28.3. The molecule has 140 valence electrons. The fourth-order valence-electron chi connectivity index (χ4n) is 2.57. The Morgan fingerprint density at radius 3 is 2.67 bits per heavy atom. The zero-order valence-electron chi connectivity index (χ0n) is 14.8. The molecule has 1 amide bonds. The fraction of sp³-hybridized carbons (Fsp3) is 0.250. The molecule has 1 heterocycles. The van der Waals surface area contributed by atoms with Crippen molar-refractivity contribution in [1.29, 1.82) is 0 Å². The van der Waals surface area contributed by atoms with Gasteiger partial charge in [0.05, 0.1) is 27.7 Å². The lowest BCUT2D eigenvalue weighted by Crippen LogP contribution is -2.31. The Kier molecular flexibility index (Phi) is 6.42. The monoisotopic (exact) mass is 402 g/mol. The van der Waals surface area contributed by atoms with Crippen LogP contribution >= 0.6 is 22.9 Å². The van der Waals surface area contributed by atoms with Crippen LogP contribution in [0.15, 0.2) is 48.5 Å². The van der Waals surface area contributed by atoms with E-state index in [4.69, 9.17) is 16.3 Å². The predicted octanol–water partition coefficient (Wildman–Crippen LogP) is 4.30. The number of nitrogens with one attached hydrogen (secondary N) is 1. The van der Waals surface area contributed by atoms with E-state index in [1.807, 2.05) is 43.3 Å². The quantitative estimate of drug-likeness (QED) is 0.598. The number of nitrogens with zero attached hydrogens (tertiary/aromatic N) is 1. The summed E-state index contributed by atoms with van der Waals surface area (Å²) in [6.07, 6.45) is 0.695. The third-order valence-corrected chi connectivity index (χ3v) is 5.34. The van der Waals surface area contributed by atoms with Crippen LogP contribution in [0.2, 0.25) is 5.02 Å². The first kappa shape index (κ1) is 19.3. The molecule has 0 unspecified atom stereocenters. The summed E-state index contributed by atoms with van der Waals surface area (Å²) in [5.41, 5.74) is 1.86. The van der Waals surface area contributed by atoms with Gasteiger partial charge in [0, 0.05) is 11.4 Å². The van der Waals surface area contributed by atoms with E-state index in [2.05, 4.69) is 10.3 Å². The van der Waals surface area contributed by atoms with E-state index in [-0.39, 0.29) is 25.0 Å². The highest BCUT2D eigenvalue weighted by Crippen LogP contribution is 2.22. The van der Waals surface area contributed by atoms with Gasteiger partial charge in [-0.2, -0.15) is 0 Å². The second kappa shape index (κ2) is 8.97. The number of amides is 1. The second-order valence-corrected chi connectivity index (χ2v) is 7.63. The Morgan fingerprint density at radius 1 is 1.19 bits per heavy atom. The number of rotatable bonds is 7. The number of thiazole rings is 1. The molecular weight excluding hydrogens is 384 g/mol. The summed E-state index contributed by atoms with van der Waals surface area (Å²) in [6.45, 7) is 1.56. The van der Waals surface area contributed by atoms with Crippen molar-refractivity contribution in [1.82, 2.24) is 10.3 Å². The summed E-state index contributed by atoms with van der Waals surface area (Å²) in [6, 6.07) is 14.9. The summed E-state index contributed by atoms with van der Waals surface area (Å²) in [5, 5.41) is 4.31. The van der Waals surface area contributed by atoms with Crippen molar-refractivity contribution in [2.24, 2.45) is 0 Å². The zero-order valence-corrected chi connectivity index (χ0v) is 16.3. The highest BCUT2D eigenvalue weighted by atomic mass is 35.5. The largest absolute Gasteiger partial charge is 0.456 e. The average Bonchev–Trinajstić information content (AvgIpc) is 3.08. The maximum absolute atomic E-state index is 12.0. The van der Waals surface area contributed by atoms with Crippen molar-refractivity contribution in [2.75, 3.05) is 6.61 Å². The molecule has 27 heavy (non-hydrogen) atoms. The van der Waals surface area contributed by atoms with Crippen molar-refractivity contribution in [3.63, 3.8) is 0 Å². The van der Waals surface area contributed by atoms with Gasteiger partial charge in [-0.25, -0.2) is 4.98 Å². The lowest BCUT2D eigenvalue weighted by molar-refractivity contribution is -0.148. The van der Waals surface area contributed by atoms with Crippen LogP contribution in [0.4, 0.5) is 0 Å². The van der Waals surface area contributed by atoms with Gasteiger partial charge in [0.15, 0.2) is 6.61 Å². The maximum atomic E-state index is 12.0. The minimum absolute atomic E-state index is 0.194. The fourth-order valence-corrected chi connectivity index (χ4v) is 3.66. The molecule has 1 atom stereocenters. The second-order valence-electron chi connectivity index (χ2n) is 6.08. The van der Waals surface area contributed by atoms with Gasteiger partial charge >= 0.3 is 5.97 Å². The first-order valence-corrected chi connectivity index (χ1v) is 9.75. The van der Waals surface area contributed by atoms with Crippen molar-refractivity contribution in [3.8, 4) is 0 Å². The van der Waals surface area contributed by atoms with E-state index in [9.17, 15) is 9.59 Å². The summed E-state index contributed by atoms with van der Waals surface area (Å²) in [5.74, 6) is -0.755. The Hall–Kier alpha value is -2.44. The summed E-state index contributed by atoms with van der Waals surface area (Å²) >= 11 is 7.42. The number of benzene rings is 2. The molecule has 0 saturated heterocycles. The molecule has 0 aliphatic carbocycles. The SMILES string of the molecule is C[C@@H](NC(=O)COC(=O)CCc1nc2ccccc2s1)c1ccc(Cl)cc1. The number of para-hydroxylation sites is 1. The Morgan fingerprint density at radius 2 is 1.93 bits per heavy atom. The first-order chi connectivity index (χ1) is 13.0. The van der Waals surface area contributed by atoms with Crippen LogP contribution in [0.1, 0.15) is 30.0 Å². The van der Waals surface area contributed by atoms with E-state index < -0.39 is 5.97 Å². The first-order valence-electron chi connectivity index (χ1n) is 8.56. The standard InChI is InChI=1S/C20H19ClN2O3S/c1-13(14-6-8-15(21)9-7-14)22-18(24)12-26-20(25)11-10-19-23-16-4-2-3-5-17(16)27-19/h2-9,13H,10-12H2,1H3,(H,22,24)/t13-/m1/s1. The van der Waals surface area contributed by atoms with Crippen LogP contribution in [-0.2, 0) is 20.7 Å². The van der Waals surface area contributed by atoms with E-state index in [1.165, 1.54) is 0 Å². The number of hydrogen-bond donors (Lipinski definition) is 1. The highest BCUT2D eigenvalue weighted by Gasteiger charge is 2.13. The average molecular weight is 403 g/mol. The molecule has 0 radical (unpaired) electrons. The number of esters is 1. The Balaban J connectivity index is 1.41. The van der Waals surface area contributed by atoms with Crippen LogP contribution in [-0.4, -0.2) is 23.5 Å². The van der Waals surface area contributed by atoms with E-state index in [0.717, 1.165) is 20.8 Å². The van der Waals surface area contributed by atoms with Crippen molar-refractivity contribution in [2.45, 2.75) is 25.8 Å². The summed E-state index contributed by atoms with van der Waals surface area (Å²) < 4.78 is 6.15. The van der Waals surface area contributed by atoms with Gasteiger partial charge in [-0.15, -0.1) is 11.3 Å². The number of halogens is 1. The number of carbonyl (C=O) groups is 2. The maximum Gasteiger partial charge on any atom is 0.306 e. The number of aryl methyl sites for hydroxylation is 1. The normalized spacial score (nSPS) is 11.9. The predicted molar refractivity (Wildman–Crippen MR) is 107 cm³/mol. The molecule has 7 heteroatoms. The topological polar surface area (TPSA) is 68.3 Å². The minimum atomic E-state index is -0.413. The third kappa shape index (κ3) is 5.52. The lowest BCUT2D eigenvalue weighted by atomic mass is 10.1. The molecule has 3 aromatic rings. The molecule has 0 bridgehead atoms. The van der Waals surface area contributed by atoms with Crippen LogP contribution in [0.25, 0.3) is 10.2 Å². The van der Waals surface area contributed by atoms with Crippen LogP contribution in [0.5, 0.6) is 0 Å². The smallest absolute Gasteiger partial charge is 0.306 e. The Labute approximate surface area is 166 Å². The van der Waals surface area contributed by atoms with E-state index in [1.54, 1.807) is 23.5 Å². The van der Waals surface area contributed by atoms with Gasteiger partial charge in [0.2, 0.25) is 0 Å². The molecule has 5 nitrogen and oxygen atoms in total.